The number of hydrogen-bond donors (Lipinski definition) is 0. The van der Waals surface area contributed by atoms with Crippen molar-refractivity contribution in [3.8, 4) is 0 Å². The van der Waals surface area contributed by atoms with Gasteiger partial charge < -0.3 is 4.23 Å². The fourth-order valence-corrected chi connectivity index (χ4v) is 14.5. The topological polar surface area (TPSA) is 16.1 Å². The molecular weight excluding hydrogens is 260 g/mol. The normalized spacial score (nSPS) is 12.8. The van der Waals surface area contributed by atoms with Crippen LogP contribution in [0.5, 0.6) is 0 Å². The van der Waals surface area contributed by atoms with Crippen molar-refractivity contribution >= 4 is 33.6 Å². The van der Waals surface area contributed by atoms with Crippen LogP contribution in [-0.2, 0) is 0 Å². The van der Waals surface area contributed by atoms with Gasteiger partial charge in [-0.3, -0.25) is 0 Å². The maximum atomic E-state index is 4.61. The summed E-state index contributed by atoms with van der Waals surface area (Å²) in [7, 11) is -2.70. The van der Waals surface area contributed by atoms with Crippen molar-refractivity contribution in [2.24, 2.45) is 0 Å². The Morgan fingerprint density at radius 2 is 1.65 bits per heavy atom. The van der Waals surface area contributed by atoms with E-state index in [2.05, 4.69) is 55.0 Å². The lowest BCUT2D eigenvalue weighted by Crippen LogP contribution is -2.63. The van der Waals surface area contributed by atoms with Crippen LogP contribution in [-0.4, -0.2) is 21.5 Å². The summed E-state index contributed by atoms with van der Waals surface area (Å²) in [5.41, 5.74) is 1.97. The zero-order chi connectivity index (χ0) is 13.1. The molecule has 0 amide bonds. The standard InChI is InChI=1S/C12H26N2SSi2/c1-7-17(8-2,9-3)14(16(4,5)6)12-10-15-11-13-12/h10-11H,7-9H2,1-6H3. The van der Waals surface area contributed by atoms with Crippen LogP contribution in [0.25, 0.3) is 0 Å². The van der Waals surface area contributed by atoms with Gasteiger partial charge in [-0.2, -0.15) is 0 Å². The molecule has 0 N–H and O–H groups in total. The van der Waals surface area contributed by atoms with Gasteiger partial charge in [0.25, 0.3) is 0 Å². The molecule has 1 rings (SSSR count). The number of rotatable bonds is 6. The number of hydrogen-bond acceptors (Lipinski definition) is 3. The highest BCUT2D eigenvalue weighted by molar-refractivity contribution is 7.08. The number of thiazole rings is 1. The third-order valence-corrected chi connectivity index (χ3v) is 14.5. The van der Waals surface area contributed by atoms with E-state index in [0.717, 1.165) is 0 Å². The largest absolute Gasteiger partial charge is 0.408 e. The molecule has 0 unspecified atom stereocenters. The minimum absolute atomic E-state index is 1.26. The Bertz CT molecular complexity index is 321. The highest BCUT2D eigenvalue weighted by atomic mass is 32.1. The van der Waals surface area contributed by atoms with Gasteiger partial charge in [-0.05, 0) is 18.1 Å². The molecule has 0 bridgehead atoms. The van der Waals surface area contributed by atoms with E-state index in [1.165, 1.54) is 24.0 Å². The number of anilines is 1. The molecule has 5 heteroatoms. The van der Waals surface area contributed by atoms with E-state index >= 15 is 0 Å². The van der Waals surface area contributed by atoms with Crippen molar-refractivity contribution in [2.45, 2.75) is 58.5 Å². The van der Waals surface area contributed by atoms with E-state index in [0.29, 0.717) is 0 Å². The third-order valence-electron chi connectivity index (χ3n) is 3.77. The summed E-state index contributed by atoms with van der Waals surface area (Å²) >= 11 is 1.72. The molecule has 0 aliphatic rings. The van der Waals surface area contributed by atoms with Gasteiger partial charge >= 0.3 is 0 Å². The van der Waals surface area contributed by atoms with Crippen molar-refractivity contribution in [3.05, 3.63) is 10.9 Å². The summed E-state index contributed by atoms with van der Waals surface area (Å²) in [5.74, 6) is 1.26. The summed E-state index contributed by atoms with van der Waals surface area (Å²) in [6.07, 6.45) is 0. The first-order valence-electron chi connectivity index (χ1n) is 6.59. The quantitative estimate of drug-likeness (QED) is 0.699. The molecule has 1 aromatic rings. The summed E-state index contributed by atoms with van der Waals surface area (Å²) in [5, 5.41) is 2.24. The van der Waals surface area contributed by atoms with Gasteiger partial charge in [0.05, 0.1) is 5.51 Å². The van der Waals surface area contributed by atoms with Gasteiger partial charge in [0.15, 0.2) is 0 Å². The molecule has 0 fully saturated rings. The fourth-order valence-electron chi connectivity index (χ4n) is 2.84. The molecular formula is C12H26N2SSi2. The zero-order valence-corrected chi connectivity index (χ0v) is 14.9. The smallest absolute Gasteiger partial charge is 0.148 e. The highest BCUT2D eigenvalue weighted by Crippen LogP contribution is 2.34. The van der Waals surface area contributed by atoms with E-state index in [9.17, 15) is 0 Å². The first kappa shape index (κ1) is 14.9. The monoisotopic (exact) mass is 286 g/mol. The van der Waals surface area contributed by atoms with Gasteiger partial charge in [-0.15, -0.1) is 11.3 Å². The van der Waals surface area contributed by atoms with Crippen molar-refractivity contribution in [3.63, 3.8) is 0 Å². The SMILES string of the molecule is CC[Si](CC)(CC)N(c1cscn1)[Si](C)(C)C. The van der Waals surface area contributed by atoms with E-state index in [1.54, 1.807) is 11.3 Å². The van der Waals surface area contributed by atoms with E-state index in [-0.39, 0.29) is 0 Å². The molecule has 0 spiro atoms. The van der Waals surface area contributed by atoms with E-state index in [4.69, 9.17) is 0 Å². The molecule has 0 radical (unpaired) electrons. The molecule has 0 saturated heterocycles. The van der Waals surface area contributed by atoms with Gasteiger partial charge in [0.2, 0.25) is 0 Å². The predicted octanol–water partition coefficient (Wildman–Crippen LogP) is 4.79. The van der Waals surface area contributed by atoms with Gasteiger partial charge in [0, 0.05) is 5.38 Å². The molecule has 0 aromatic carbocycles. The van der Waals surface area contributed by atoms with Crippen molar-refractivity contribution in [2.75, 3.05) is 4.23 Å². The van der Waals surface area contributed by atoms with Crippen LogP contribution in [0, 0.1) is 0 Å². The van der Waals surface area contributed by atoms with Crippen LogP contribution in [0.3, 0.4) is 0 Å². The van der Waals surface area contributed by atoms with Crippen molar-refractivity contribution < 1.29 is 0 Å². The first-order chi connectivity index (χ1) is 7.91. The predicted molar refractivity (Wildman–Crippen MR) is 85.1 cm³/mol. The second-order valence-corrected chi connectivity index (χ2v) is 16.6. The van der Waals surface area contributed by atoms with Gasteiger partial charge in [-0.25, -0.2) is 4.98 Å². The van der Waals surface area contributed by atoms with Crippen LogP contribution >= 0.6 is 11.3 Å². The van der Waals surface area contributed by atoms with Gasteiger partial charge in [-0.1, -0.05) is 40.4 Å². The Labute approximate surface area is 112 Å². The Balaban J connectivity index is 3.23. The molecule has 0 saturated carbocycles. The van der Waals surface area contributed by atoms with Crippen LogP contribution in [0.1, 0.15) is 20.8 Å². The van der Waals surface area contributed by atoms with Gasteiger partial charge in [0.1, 0.15) is 22.3 Å². The lowest BCUT2D eigenvalue weighted by atomic mass is 10.8. The minimum atomic E-state index is -1.35. The molecule has 0 atom stereocenters. The molecule has 17 heavy (non-hydrogen) atoms. The van der Waals surface area contributed by atoms with Crippen LogP contribution in [0.4, 0.5) is 5.82 Å². The van der Waals surface area contributed by atoms with Crippen LogP contribution < -0.4 is 4.23 Å². The number of aromatic nitrogens is 1. The summed E-state index contributed by atoms with van der Waals surface area (Å²) < 4.78 is 2.80. The average Bonchev–Trinajstić information content (AvgIpc) is 2.77. The van der Waals surface area contributed by atoms with Crippen molar-refractivity contribution in [1.82, 2.24) is 4.98 Å². The molecule has 1 heterocycles. The Morgan fingerprint density at radius 3 is 1.94 bits per heavy atom. The Morgan fingerprint density at radius 1 is 1.12 bits per heavy atom. The average molecular weight is 287 g/mol. The minimum Gasteiger partial charge on any atom is -0.408 e. The molecule has 0 aliphatic heterocycles. The highest BCUT2D eigenvalue weighted by Gasteiger charge is 2.42. The number of nitrogens with zero attached hydrogens (tertiary/aromatic N) is 2. The lowest BCUT2D eigenvalue weighted by molar-refractivity contribution is 1.10. The second-order valence-electron chi connectivity index (χ2n) is 5.64. The summed E-state index contributed by atoms with van der Waals surface area (Å²) in [4.78, 5) is 4.61. The Kier molecular flexibility index (Phi) is 4.98. The fraction of sp³-hybridized carbons (Fsp3) is 0.750. The Hall–Kier alpha value is -0.136. The zero-order valence-electron chi connectivity index (χ0n) is 12.1. The molecule has 1 aromatic heterocycles. The molecule has 0 aliphatic carbocycles. The van der Waals surface area contributed by atoms with E-state index in [1.807, 2.05) is 5.51 Å². The maximum Gasteiger partial charge on any atom is 0.148 e. The molecule has 2 nitrogen and oxygen atoms in total. The second kappa shape index (κ2) is 5.67. The van der Waals surface area contributed by atoms with Crippen LogP contribution in [0.2, 0.25) is 37.8 Å². The van der Waals surface area contributed by atoms with E-state index < -0.39 is 16.5 Å². The summed E-state index contributed by atoms with van der Waals surface area (Å²) in [6.45, 7) is 14.5. The molecule has 98 valence electrons. The summed E-state index contributed by atoms with van der Waals surface area (Å²) in [6, 6.07) is 4.01. The van der Waals surface area contributed by atoms with Crippen LogP contribution in [0.15, 0.2) is 10.9 Å². The third kappa shape index (κ3) is 3.00. The van der Waals surface area contributed by atoms with Crippen molar-refractivity contribution in [1.29, 1.82) is 0 Å². The lowest BCUT2D eigenvalue weighted by Gasteiger charge is -2.49. The maximum absolute atomic E-state index is 4.61. The first-order valence-corrected chi connectivity index (χ1v) is 13.6.